The second kappa shape index (κ2) is 4.49. The summed E-state index contributed by atoms with van der Waals surface area (Å²) in [6.07, 6.45) is 1.90. The van der Waals surface area contributed by atoms with Gasteiger partial charge in [-0.25, -0.2) is 0 Å². The number of cyclic esters (lactones) is 2. The van der Waals surface area contributed by atoms with Crippen molar-refractivity contribution in [2.24, 2.45) is 17.3 Å². The maximum atomic E-state index is 12.6. The Balaban J connectivity index is 2.02. The minimum atomic E-state index is -1.21. The standard InChI is InChI=1S/C16H22O5/c1-9-6-8-19-11-5-7-16(10(2)12(9)11)13(17)20-15(3,4)21-14(16)18/h9-10H,5-8H2,1-4H3/t9-,10-/m1/s1. The Morgan fingerprint density at radius 2 is 1.71 bits per heavy atom. The molecule has 0 amide bonds. The highest BCUT2D eigenvalue weighted by molar-refractivity contribution is 6.02. The Bertz CT molecular complexity index is 511. The lowest BCUT2D eigenvalue weighted by atomic mass is 9.62. The molecule has 21 heavy (non-hydrogen) atoms. The summed E-state index contributed by atoms with van der Waals surface area (Å²) in [7, 11) is 0. The number of carbonyl (C=O) groups is 2. The van der Waals surface area contributed by atoms with Crippen LogP contribution in [0, 0.1) is 17.3 Å². The van der Waals surface area contributed by atoms with Gasteiger partial charge in [0.15, 0.2) is 5.41 Å². The smallest absolute Gasteiger partial charge is 0.327 e. The van der Waals surface area contributed by atoms with Crippen LogP contribution in [0.4, 0.5) is 0 Å². The average Bonchev–Trinajstić information content (AvgIpc) is 2.36. The number of hydrogen-bond donors (Lipinski definition) is 0. The Labute approximate surface area is 124 Å². The SMILES string of the molecule is C[C@@H]1CCOC2=C1[C@@H](C)C1(CC2)C(=O)OC(C)(C)OC1=O. The second-order valence-electron chi connectivity index (χ2n) is 6.79. The molecule has 0 saturated carbocycles. The summed E-state index contributed by atoms with van der Waals surface area (Å²) >= 11 is 0. The fourth-order valence-electron chi connectivity index (χ4n) is 3.84. The molecule has 0 bridgehead atoms. The van der Waals surface area contributed by atoms with Crippen molar-refractivity contribution >= 4 is 11.9 Å². The Morgan fingerprint density at radius 1 is 1.10 bits per heavy atom. The van der Waals surface area contributed by atoms with Gasteiger partial charge in [0.1, 0.15) is 0 Å². The molecule has 0 unspecified atom stereocenters. The Morgan fingerprint density at radius 3 is 2.33 bits per heavy atom. The highest BCUT2D eigenvalue weighted by Crippen LogP contribution is 2.52. The third-order valence-electron chi connectivity index (χ3n) is 5.04. The monoisotopic (exact) mass is 294 g/mol. The number of esters is 2. The zero-order chi connectivity index (χ0) is 15.4. The maximum Gasteiger partial charge on any atom is 0.327 e. The quantitative estimate of drug-likeness (QED) is 0.507. The van der Waals surface area contributed by atoms with Crippen LogP contribution in [0.5, 0.6) is 0 Å². The minimum absolute atomic E-state index is 0.243. The van der Waals surface area contributed by atoms with E-state index in [9.17, 15) is 9.59 Å². The zero-order valence-electron chi connectivity index (χ0n) is 13.0. The van der Waals surface area contributed by atoms with Crippen molar-refractivity contribution in [3.05, 3.63) is 11.3 Å². The summed E-state index contributed by atoms with van der Waals surface area (Å²) in [6.45, 7) is 7.92. The van der Waals surface area contributed by atoms with E-state index in [0.717, 1.165) is 17.8 Å². The first-order valence-electron chi connectivity index (χ1n) is 7.60. The van der Waals surface area contributed by atoms with Crippen molar-refractivity contribution in [1.29, 1.82) is 0 Å². The van der Waals surface area contributed by atoms with Crippen LogP contribution in [0.2, 0.25) is 0 Å². The normalized spacial score (nSPS) is 33.9. The van der Waals surface area contributed by atoms with E-state index in [-0.39, 0.29) is 5.92 Å². The van der Waals surface area contributed by atoms with Crippen LogP contribution < -0.4 is 0 Å². The van der Waals surface area contributed by atoms with E-state index in [1.165, 1.54) is 0 Å². The van der Waals surface area contributed by atoms with Crippen LogP contribution in [0.1, 0.15) is 47.0 Å². The Kier molecular flexibility index (Phi) is 3.08. The van der Waals surface area contributed by atoms with E-state index in [1.807, 2.05) is 6.92 Å². The fraction of sp³-hybridized carbons (Fsp3) is 0.750. The van der Waals surface area contributed by atoms with Crippen molar-refractivity contribution in [2.45, 2.75) is 52.7 Å². The first-order valence-corrected chi connectivity index (χ1v) is 7.60. The van der Waals surface area contributed by atoms with Crippen LogP contribution in [-0.2, 0) is 23.8 Å². The number of ether oxygens (including phenoxy) is 3. The van der Waals surface area contributed by atoms with E-state index < -0.39 is 23.1 Å². The summed E-state index contributed by atoms with van der Waals surface area (Å²) in [5, 5.41) is 0. The highest BCUT2D eigenvalue weighted by atomic mass is 16.7. The molecule has 1 aliphatic carbocycles. The van der Waals surface area contributed by atoms with Gasteiger partial charge in [-0.3, -0.25) is 9.59 Å². The molecule has 5 nitrogen and oxygen atoms in total. The molecule has 1 spiro atoms. The average molecular weight is 294 g/mol. The predicted molar refractivity (Wildman–Crippen MR) is 73.9 cm³/mol. The van der Waals surface area contributed by atoms with E-state index in [4.69, 9.17) is 14.2 Å². The molecule has 0 aromatic carbocycles. The van der Waals surface area contributed by atoms with Gasteiger partial charge in [0.25, 0.3) is 5.79 Å². The lowest BCUT2D eigenvalue weighted by molar-refractivity contribution is -0.255. The van der Waals surface area contributed by atoms with Gasteiger partial charge in [0.05, 0.1) is 12.4 Å². The fourth-order valence-corrected chi connectivity index (χ4v) is 3.84. The summed E-state index contributed by atoms with van der Waals surface area (Å²) in [5.41, 5.74) is -0.121. The van der Waals surface area contributed by atoms with Gasteiger partial charge in [0.2, 0.25) is 0 Å². The zero-order valence-corrected chi connectivity index (χ0v) is 13.0. The molecule has 2 aliphatic heterocycles. The van der Waals surface area contributed by atoms with Gasteiger partial charge >= 0.3 is 11.9 Å². The second-order valence-corrected chi connectivity index (χ2v) is 6.79. The number of rotatable bonds is 0. The van der Waals surface area contributed by atoms with Crippen LogP contribution in [-0.4, -0.2) is 24.3 Å². The van der Waals surface area contributed by atoms with E-state index in [0.29, 0.717) is 25.4 Å². The third-order valence-corrected chi connectivity index (χ3v) is 5.04. The molecule has 1 saturated heterocycles. The molecular weight excluding hydrogens is 272 g/mol. The van der Waals surface area contributed by atoms with E-state index in [2.05, 4.69) is 6.92 Å². The molecule has 5 heteroatoms. The predicted octanol–water partition coefficient (Wildman–Crippen LogP) is 2.55. The van der Waals surface area contributed by atoms with E-state index >= 15 is 0 Å². The number of allylic oxidation sites excluding steroid dienone is 2. The molecule has 0 aromatic rings. The van der Waals surface area contributed by atoms with Gasteiger partial charge in [-0.15, -0.1) is 0 Å². The van der Waals surface area contributed by atoms with E-state index in [1.54, 1.807) is 13.8 Å². The summed E-state index contributed by atoms with van der Waals surface area (Å²) < 4.78 is 16.5. The minimum Gasteiger partial charge on any atom is -0.498 e. The van der Waals surface area contributed by atoms with Crippen molar-refractivity contribution in [2.75, 3.05) is 6.61 Å². The highest BCUT2D eigenvalue weighted by Gasteiger charge is 2.62. The van der Waals surface area contributed by atoms with Gasteiger partial charge in [-0.2, -0.15) is 0 Å². The molecule has 1 fully saturated rings. The maximum absolute atomic E-state index is 12.6. The molecule has 0 aromatic heterocycles. The van der Waals surface area contributed by atoms with Gasteiger partial charge in [-0.05, 0) is 24.3 Å². The summed E-state index contributed by atoms with van der Waals surface area (Å²) in [5.74, 6) is -1.06. The van der Waals surface area contributed by atoms with Crippen molar-refractivity contribution < 1.29 is 23.8 Å². The Hall–Kier alpha value is -1.52. The number of hydrogen-bond acceptors (Lipinski definition) is 5. The number of carbonyl (C=O) groups excluding carboxylic acids is 2. The molecule has 2 atom stereocenters. The van der Waals surface area contributed by atoms with Crippen LogP contribution in [0.3, 0.4) is 0 Å². The van der Waals surface area contributed by atoms with Gasteiger partial charge in [0, 0.05) is 26.2 Å². The van der Waals surface area contributed by atoms with Crippen molar-refractivity contribution in [3.8, 4) is 0 Å². The lowest BCUT2D eigenvalue weighted by Crippen LogP contribution is -2.58. The largest absolute Gasteiger partial charge is 0.498 e. The first kappa shape index (κ1) is 14.4. The molecule has 2 heterocycles. The third kappa shape index (κ3) is 1.97. The van der Waals surface area contributed by atoms with Crippen LogP contribution in [0.15, 0.2) is 11.3 Å². The van der Waals surface area contributed by atoms with Gasteiger partial charge < -0.3 is 14.2 Å². The summed E-state index contributed by atoms with van der Waals surface area (Å²) in [6, 6.07) is 0. The summed E-state index contributed by atoms with van der Waals surface area (Å²) in [4.78, 5) is 25.2. The lowest BCUT2D eigenvalue weighted by Gasteiger charge is -2.47. The first-order chi connectivity index (χ1) is 9.78. The molecular formula is C16H22O5. The molecule has 0 radical (unpaired) electrons. The van der Waals surface area contributed by atoms with Crippen molar-refractivity contribution in [3.63, 3.8) is 0 Å². The van der Waals surface area contributed by atoms with Crippen LogP contribution >= 0.6 is 0 Å². The topological polar surface area (TPSA) is 61.8 Å². The molecule has 116 valence electrons. The van der Waals surface area contributed by atoms with Crippen molar-refractivity contribution in [1.82, 2.24) is 0 Å². The molecule has 0 N–H and O–H groups in total. The van der Waals surface area contributed by atoms with Crippen LogP contribution in [0.25, 0.3) is 0 Å². The molecule has 3 rings (SSSR count). The molecule has 3 aliphatic rings. The van der Waals surface area contributed by atoms with Gasteiger partial charge in [-0.1, -0.05) is 13.8 Å².